The Morgan fingerprint density at radius 3 is 2.72 bits per heavy atom. The van der Waals surface area contributed by atoms with Gasteiger partial charge < -0.3 is 9.72 Å². The lowest BCUT2D eigenvalue weighted by atomic mass is 9.95. The molecule has 2 heterocycles. The van der Waals surface area contributed by atoms with Gasteiger partial charge in [-0.1, -0.05) is 56.0 Å². The fraction of sp³-hybridized carbons (Fsp3) is 0.484. The molecule has 0 bridgehead atoms. The number of pyridine rings is 1. The molecule has 4 aromatic rings. The third kappa shape index (κ3) is 6.38. The standard InChI is InChI=1S/C31H40N6O2/c1-4-29(30-33-34-35-37(30)26-12-7-6-8-13-26)36(17-16-23-11-9-10-22(3)18-23)21-25-19-24-20-27(39-5-2)14-15-28(24)32-31(25)38/h9-11,14-15,18-20,26,29H,4-8,12-13,16-17,21H2,1-3H3,(H,32,38)/t29-/m0/s1. The zero-order valence-electron chi connectivity index (χ0n) is 23.4. The second-order valence-corrected chi connectivity index (χ2v) is 10.7. The van der Waals surface area contributed by atoms with Crippen LogP contribution < -0.4 is 10.3 Å². The minimum absolute atomic E-state index is 0.00316. The molecule has 2 aromatic carbocycles. The highest BCUT2D eigenvalue weighted by molar-refractivity contribution is 5.80. The second kappa shape index (κ2) is 12.6. The summed E-state index contributed by atoms with van der Waals surface area (Å²) in [4.78, 5) is 18.7. The smallest absolute Gasteiger partial charge is 0.252 e. The van der Waals surface area contributed by atoms with Gasteiger partial charge in [0.15, 0.2) is 5.82 Å². The normalized spacial score (nSPS) is 15.2. The van der Waals surface area contributed by atoms with Gasteiger partial charge in [-0.2, -0.15) is 0 Å². The molecule has 206 valence electrons. The fourth-order valence-electron chi connectivity index (χ4n) is 5.92. The number of hydrogen-bond donors (Lipinski definition) is 1. The third-order valence-electron chi connectivity index (χ3n) is 7.91. The molecule has 8 nitrogen and oxygen atoms in total. The summed E-state index contributed by atoms with van der Waals surface area (Å²) in [7, 11) is 0. The molecule has 1 aliphatic rings. The van der Waals surface area contributed by atoms with E-state index >= 15 is 0 Å². The monoisotopic (exact) mass is 528 g/mol. The first-order valence-electron chi connectivity index (χ1n) is 14.4. The highest BCUT2D eigenvalue weighted by Gasteiger charge is 2.29. The van der Waals surface area contributed by atoms with E-state index in [1.807, 2.05) is 31.2 Å². The first-order valence-corrected chi connectivity index (χ1v) is 14.4. The number of aromatic amines is 1. The van der Waals surface area contributed by atoms with Gasteiger partial charge in [-0.25, -0.2) is 4.68 Å². The number of nitrogens with zero attached hydrogens (tertiary/aromatic N) is 5. The molecule has 0 saturated heterocycles. The van der Waals surface area contributed by atoms with Crippen LogP contribution in [-0.4, -0.2) is 43.2 Å². The number of benzene rings is 2. The number of rotatable bonds is 11. The zero-order valence-corrected chi connectivity index (χ0v) is 23.4. The minimum atomic E-state index is -0.0612. The Morgan fingerprint density at radius 1 is 1.10 bits per heavy atom. The summed E-state index contributed by atoms with van der Waals surface area (Å²) in [5, 5.41) is 14.1. The van der Waals surface area contributed by atoms with Gasteiger partial charge in [0.05, 0.1) is 18.7 Å². The van der Waals surface area contributed by atoms with Crippen molar-refractivity contribution in [3.63, 3.8) is 0 Å². The lowest BCUT2D eigenvalue weighted by molar-refractivity contribution is 0.165. The molecule has 5 rings (SSSR count). The van der Waals surface area contributed by atoms with E-state index in [0.29, 0.717) is 19.2 Å². The average Bonchev–Trinajstić information content (AvgIpc) is 3.43. The summed E-state index contributed by atoms with van der Waals surface area (Å²) in [6, 6.07) is 16.8. The number of H-pyrrole nitrogens is 1. The quantitative estimate of drug-likeness (QED) is 0.260. The van der Waals surface area contributed by atoms with Gasteiger partial charge in [0.25, 0.3) is 5.56 Å². The van der Waals surface area contributed by atoms with Crippen LogP contribution in [0.4, 0.5) is 0 Å². The van der Waals surface area contributed by atoms with Gasteiger partial charge in [-0.3, -0.25) is 9.69 Å². The summed E-state index contributed by atoms with van der Waals surface area (Å²) in [6.07, 6.45) is 7.67. The molecule has 1 saturated carbocycles. The molecular formula is C31H40N6O2. The molecule has 0 radical (unpaired) electrons. The SMILES string of the molecule is CCOc1ccc2[nH]c(=O)c(CN(CCc3cccc(C)c3)[C@@H](CC)c3nnnn3C3CCCCC3)cc2c1. The van der Waals surface area contributed by atoms with Crippen LogP contribution in [0, 0.1) is 6.92 Å². The molecule has 0 aliphatic heterocycles. The molecular weight excluding hydrogens is 488 g/mol. The van der Waals surface area contributed by atoms with Gasteiger partial charge in [-0.05, 0) is 79.8 Å². The lowest BCUT2D eigenvalue weighted by Crippen LogP contribution is -2.35. The summed E-state index contributed by atoms with van der Waals surface area (Å²) in [5.41, 5.74) is 4.02. The molecule has 0 spiro atoms. The summed E-state index contributed by atoms with van der Waals surface area (Å²) >= 11 is 0. The van der Waals surface area contributed by atoms with Crippen molar-refractivity contribution in [2.24, 2.45) is 0 Å². The topological polar surface area (TPSA) is 88.9 Å². The van der Waals surface area contributed by atoms with Crippen LogP contribution >= 0.6 is 0 Å². The zero-order chi connectivity index (χ0) is 27.2. The van der Waals surface area contributed by atoms with E-state index in [9.17, 15) is 4.79 Å². The number of hydrogen-bond acceptors (Lipinski definition) is 6. The minimum Gasteiger partial charge on any atom is -0.494 e. The first kappa shape index (κ1) is 27.1. The number of aromatic nitrogens is 5. The molecule has 2 aromatic heterocycles. The van der Waals surface area contributed by atoms with Gasteiger partial charge >= 0.3 is 0 Å². The van der Waals surface area contributed by atoms with E-state index < -0.39 is 0 Å². The van der Waals surface area contributed by atoms with E-state index in [4.69, 9.17) is 4.74 Å². The van der Waals surface area contributed by atoms with E-state index in [0.717, 1.165) is 60.3 Å². The molecule has 1 fully saturated rings. The van der Waals surface area contributed by atoms with Crippen LogP contribution in [0.25, 0.3) is 10.9 Å². The van der Waals surface area contributed by atoms with Crippen molar-refractivity contribution in [3.05, 3.63) is 81.4 Å². The van der Waals surface area contributed by atoms with Gasteiger partial charge in [0, 0.05) is 29.6 Å². The Kier molecular flexibility index (Phi) is 8.71. The first-order chi connectivity index (χ1) is 19.1. The van der Waals surface area contributed by atoms with Crippen LogP contribution in [0.1, 0.15) is 87.0 Å². The number of fused-ring (bicyclic) bond motifs is 1. The Bertz CT molecular complexity index is 1440. The Balaban J connectivity index is 1.49. The number of tetrazole rings is 1. The maximum absolute atomic E-state index is 13.3. The van der Waals surface area contributed by atoms with Crippen LogP contribution in [0.3, 0.4) is 0 Å². The maximum Gasteiger partial charge on any atom is 0.252 e. The summed E-state index contributed by atoms with van der Waals surface area (Å²) < 4.78 is 7.79. The van der Waals surface area contributed by atoms with Crippen molar-refractivity contribution in [2.45, 2.75) is 84.3 Å². The predicted molar refractivity (Wildman–Crippen MR) is 154 cm³/mol. The molecule has 8 heteroatoms. The molecule has 39 heavy (non-hydrogen) atoms. The number of ether oxygens (including phenoxy) is 1. The highest BCUT2D eigenvalue weighted by atomic mass is 16.5. The van der Waals surface area contributed by atoms with Crippen molar-refractivity contribution in [3.8, 4) is 5.75 Å². The van der Waals surface area contributed by atoms with Crippen molar-refractivity contribution >= 4 is 10.9 Å². The van der Waals surface area contributed by atoms with Crippen LogP contribution in [0.15, 0.2) is 53.3 Å². The van der Waals surface area contributed by atoms with Crippen molar-refractivity contribution in [1.29, 1.82) is 0 Å². The van der Waals surface area contributed by atoms with Gasteiger partial charge in [0.2, 0.25) is 0 Å². The van der Waals surface area contributed by atoms with E-state index in [-0.39, 0.29) is 11.6 Å². The lowest BCUT2D eigenvalue weighted by Gasteiger charge is -2.32. The largest absolute Gasteiger partial charge is 0.494 e. The van der Waals surface area contributed by atoms with Gasteiger partial charge in [0.1, 0.15) is 5.75 Å². The van der Waals surface area contributed by atoms with E-state index in [2.05, 4.69) is 68.2 Å². The van der Waals surface area contributed by atoms with Crippen molar-refractivity contribution in [1.82, 2.24) is 30.1 Å². The fourth-order valence-corrected chi connectivity index (χ4v) is 5.92. The van der Waals surface area contributed by atoms with Crippen LogP contribution in [-0.2, 0) is 13.0 Å². The Hall–Kier alpha value is -3.52. The molecule has 1 aliphatic carbocycles. The molecule has 1 atom stereocenters. The molecule has 0 unspecified atom stereocenters. The average molecular weight is 529 g/mol. The van der Waals surface area contributed by atoms with Crippen LogP contribution in [0.5, 0.6) is 5.75 Å². The maximum atomic E-state index is 13.3. The van der Waals surface area contributed by atoms with E-state index in [1.54, 1.807) is 0 Å². The van der Waals surface area contributed by atoms with E-state index in [1.165, 1.54) is 30.4 Å². The van der Waals surface area contributed by atoms with Crippen LogP contribution in [0.2, 0.25) is 0 Å². The molecule has 1 N–H and O–H groups in total. The van der Waals surface area contributed by atoms with Crippen molar-refractivity contribution in [2.75, 3.05) is 13.2 Å². The third-order valence-corrected chi connectivity index (χ3v) is 7.91. The summed E-state index contributed by atoms with van der Waals surface area (Å²) in [5.74, 6) is 1.71. The van der Waals surface area contributed by atoms with Crippen molar-refractivity contribution < 1.29 is 4.74 Å². The second-order valence-electron chi connectivity index (χ2n) is 10.7. The van der Waals surface area contributed by atoms with Gasteiger partial charge in [-0.15, -0.1) is 5.10 Å². The molecule has 0 amide bonds. The summed E-state index contributed by atoms with van der Waals surface area (Å²) in [6.45, 7) is 8.17. The highest BCUT2D eigenvalue weighted by Crippen LogP contribution is 2.32. The Morgan fingerprint density at radius 2 is 1.95 bits per heavy atom. The predicted octanol–water partition coefficient (Wildman–Crippen LogP) is 5.92. The Labute approximate surface area is 230 Å². The number of nitrogens with one attached hydrogen (secondary N) is 1. The number of aryl methyl sites for hydroxylation is 1.